The Labute approximate surface area is 206 Å². The second-order valence-corrected chi connectivity index (χ2v) is 16.8. The van der Waals surface area contributed by atoms with Crippen molar-refractivity contribution in [1.82, 2.24) is 4.90 Å². The number of likely N-dealkylation sites (tertiary alicyclic amines) is 1. The van der Waals surface area contributed by atoms with Gasteiger partial charge in [0.2, 0.25) is 5.91 Å². The molecule has 2 aromatic carbocycles. The Bertz CT molecular complexity index is 991. The monoisotopic (exact) mass is 485 g/mol. The van der Waals surface area contributed by atoms with E-state index in [9.17, 15) is 4.79 Å². The van der Waals surface area contributed by atoms with Crippen LogP contribution in [0.4, 0.5) is 0 Å². The predicted molar refractivity (Wildman–Crippen MR) is 141 cm³/mol. The van der Waals surface area contributed by atoms with Crippen LogP contribution in [0.1, 0.15) is 64.9 Å². The highest BCUT2D eigenvalue weighted by Gasteiger charge is 2.41. The third kappa shape index (κ3) is 5.49. The van der Waals surface area contributed by atoms with Crippen LogP contribution in [-0.4, -0.2) is 37.8 Å². The average molecular weight is 486 g/mol. The number of amides is 1. The van der Waals surface area contributed by atoms with E-state index >= 15 is 0 Å². The third-order valence-corrected chi connectivity index (χ3v) is 13.2. The molecule has 1 atom stereocenters. The third-order valence-electron chi connectivity index (χ3n) is 8.32. The Morgan fingerprint density at radius 2 is 1.67 bits per heavy atom. The molecule has 2 aliphatic rings. The number of benzene rings is 2. The SMILES string of the molecule is CC(C)(C)[Si](C)(C)OC1CCC(N2CCCC(Cc3cc4ccccc4cc3Cl)C2=O)CC1. The van der Waals surface area contributed by atoms with Crippen LogP contribution in [0.25, 0.3) is 10.8 Å². The van der Waals surface area contributed by atoms with E-state index < -0.39 is 8.32 Å². The zero-order valence-corrected chi connectivity index (χ0v) is 22.8. The molecule has 1 saturated carbocycles. The molecule has 0 aromatic heterocycles. The molecule has 2 fully saturated rings. The standard InChI is InChI=1S/C28H40ClNO2Si/c1-28(2,3)33(4,5)32-25-14-12-24(13-15-25)30-16-8-11-22(27(30)31)18-23-17-20-9-6-7-10-21(20)19-26(23)29/h6-7,9-10,17,19,22,24-25H,8,11-16,18H2,1-5H3. The van der Waals surface area contributed by atoms with Crippen molar-refractivity contribution in [1.29, 1.82) is 0 Å². The van der Waals surface area contributed by atoms with Gasteiger partial charge in [-0.1, -0.05) is 56.6 Å². The Kier molecular flexibility index (Phi) is 7.28. The summed E-state index contributed by atoms with van der Waals surface area (Å²) in [7, 11) is -1.74. The van der Waals surface area contributed by atoms with Crippen LogP contribution in [0, 0.1) is 5.92 Å². The van der Waals surface area contributed by atoms with E-state index in [1.165, 1.54) is 5.39 Å². The zero-order chi connectivity index (χ0) is 23.8. The molecule has 1 saturated heterocycles. The van der Waals surface area contributed by atoms with Crippen LogP contribution in [0.3, 0.4) is 0 Å². The zero-order valence-electron chi connectivity index (χ0n) is 21.0. The first-order chi connectivity index (χ1) is 15.5. The van der Waals surface area contributed by atoms with E-state index in [4.69, 9.17) is 16.0 Å². The minimum atomic E-state index is -1.74. The molecule has 1 heterocycles. The lowest BCUT2D eigenvalue weighted by molar-refractivity contribution is -0.142. The van der Waals surface area contributed by atoms with Crippen LogP contribution >= 0.6 is 11.6 Å². The van der Waals surface area contributed by atoms with Crippen molar-refractivity contribution in [2.75, 3.05) is 6.54 Å². The highest BCUT2D eigenvalue weighted by Crippen LogP contribution is 2.40. The lowest BCUT2D eigenvalue weighted by Gasteiger charge is -2.44. The summed E-state index contributed by atoms with van der Waals surface area (Å²) < 4.78 is 6.67. The lowest BCUT2D eigenvalue weighted by Crippen LogP contribution is -2.50. The smallest absolute Gasteiger partial charge is 0.226 e. The van der Waals surface area contributed by atoms with Crippen molar-refractivity contribution in [3.8, 4) is 0 Å². The van der Waals surface area contributed by atoms with Gasteiger partial charge in [0.1, 0.15) is 0 Å². The molecule has 2 aromatic rings. The average Bonchev–Trinajstić information content (AvgIpc) is 2.75. The molecule has 0 spiro atoms. The van der Waals surface area contributed by atoms with Gasteiger partial charge in [0.15, 0.2) is 8.32 Å². The van der Waals surface area contributed by atoms with Crippen molar-refractivity contribution in [2.24, 2.45) is 5.92 Å². The van der Waals surface area contributed by atoms with E-state index in [0.717, 1.165) is 67.5 Å². The van der Waals surface area contributed by atoms with Crippen LogP contribution in [0.15, 0.2) is 36.4 Å². The quantitative estimate of drug-likeness (QED) is 0.408. The van der Waals surface area contributed by atoms with Gasteiger partial charge in [-0.25, -0.2) is 0 Å². The molecule has 33 heavy (non-hydrogen) atoms. The molecule has 0 N–H and O–H groups in total. The number of piperidine rings is 1. The molecule has 1 aliphatic carbocycles. The molecule has 3 nitrogen and oxygen atoms in total. The van der Waals surface area contributed by atoms with Gasteiger partial charge in [0, 0.05) is 29.6 Å². The van der Waals surface area contributed by atoms with Crippen molar-refractivity contribution in [3.05, 3.63) is 47.0 Å². The summed E-state index contributed by atoms with van der Waals surface area (Å²) in [5.74, 6) is 0.373. The highest BCUT2D eigenvalue weighted by molar-refractivity contribution is 6.74. The van der Waals surface area contributed by atoms with E-state index in [2.05, 4.69) is 63.0 Å². The van der Waals surface area contributed by atoms with Crippen molar-refractivity contribution in [2.45, 2.75) is 96.0 Å². The molecule has 0 bridgehead atoms. The summed E-state index contributed by atoms with van der Waals surface area (Å²) in [5, 5.41) is 3.36. The van der Waals surface area contributed by atoms with Gasteiger partial charge in [0.05, 0.1) is 0 Å². The number of hydrogen-bond acceptors (Lipinski definition) is 2. The molecule has 5 heteroatoms. The van der Waals surface area contributed by atoms with E-state index in [-0.39, 0.29) is 11.0 Å². The molecular weight excluding hydrogens is 446 g/mol. The van der Waals surface area contributed by atoms with Crippen molar-refractivity contribution < 1.29 is 9.22 Å². The Hall–Kier alpha value is -1.36. The minimum absolute atomic E-state index is 0.0404. The summed E-state index contributed by atoms with van der Waals surface area (Å²) in [5.41, 5.74) is 1.10. The van der Waals surface area contributed by atoms with Gasteiger partial charge in [-0.2, -0.15) is 0 Å². The molecule has 1 amide bonds. The largest absolute Gasteiger partial charge is 0.414 e. The normalized spacial score (nSPS) is 25.0. The Balaban J connectivity index is 1.38. The molecule has 1 unspecified atom stereocenters. The maximum absolute atomic E-state index is 13.5. The summed E-state index contributed by atoms with van der Waals surface area (Å²) in [6, 6.07) is 12.9. The predicted octanol–water partition coefficient (Wildman–Crippen LogP) is 7.61. The second kappa shape index (κ2) is 9.71. The molecule has 4 rings (SSSR count). The Morgan fingerprint density at radius 3 is 2.30 bits per heavy atom. The topological polar surface area (TPSA) is 29.5 Å². The van der Waals surface area contributed by atoms with Gasteiger partial charge in [-0.05, 0) is 91.5 Å². The van der Waals surface area contributed by atoms with Crippen LogP contribution in [0.2, 0.25) is 23.2 Å². The van der Waals surface area contributed by atoms with Gasteiger partial charge >= 0.3 is 0 Å². The van der Waals surface area contributed by atoms with Crippen LogP contribution in [-0.2, 0) is 15.6 Å². The first kappa shape index (κ1) is 24.8. The fraction of sp³-hybridized carbons (Fsp3) is 0.607. The van der Waals surface area contributed by atoms with Gasteiger partial charge in [-0.3, -0.25) is 4.79 Å². The number of hydrogen-bond donors (Lipinski definition) is 0. The number of nitrogens with zero attached hydrogens (tertiary/aromatic N) is 1. The van der Waals surface area contributed by atoms with Crippen molar-refractivity contribution in [3.63, 3.8) is 0 Å². The minimum Gasteiger partial charge on any atom is -0.414 e. The van der Waals surface area contributed by atoms with E-state index in [0.29, 0.717) is 18.1 Å². The van der Waals surface area contributed by atoms with Crippen molar-refractivity contribution >= 4 is 36.6 Å². The summed E-state index contributed by atoms with van der Waals surface area (Å²) >= 11 is 6.62. The second-order valence-electron chi connectivity index (χ2n) is 11.7. The molecule has 1 aliphatic heterocycles. The fourth-order valence-corrected chi connectivity index (χ4v) is 6.95. The number of halogens is 1. The maximum Gasteiger partial charge on any atom is 0.226 e. The summed E-state index contributed by atoms with van der Waals surface area (Å²) in [6.45, 7) is 12.5. The number of carbonyl (C=O) groups is 1. The first-order valence-electron chi connectivity index (χ1n) is 12.7. The van der Waals surface area contributed by atoms with E-state index in [1.807, 2.05) is 12.1 Å². The lowest BCUT2D eigenvalue weighted by atomic mass is 9.86. The number of rotatable bonds is 5. The van der Waals surface area contributed by atoms with Crippen LogP contribution < -0.4 is 0 Å². The van der Waals surface area contributed by atoms with Gasteiger partial charge < -0.3 is 9.33 Å². The van der Waals surface area contributed by atoms with Gasteiger partial charge in [0.25, 0.3) is 0 Å². The maximum atomic E-state index is 13.5. The molecule has 180 valence electrons. The van der Waals surface area contributed by atoms with Gasteiger partial charge in [-0.15, -0.1) is 0 Å². The first-order valence-corrected chi connectivity index (χ1v) is 16.0. The number of carbonyl (C=O) groups excluding carboxylic acids is 1. The fourth-order valence-electron chi connectivity index (χ4n) is 5.28. The summed E-state index contributed by atoms with van der Waals surface area (Å²) in [4.78, 5) is 15.7. The van der Waals surface area contributed by atoms with E-state index in [1.54, 1.807) is 0 Å². The van der Waals surface area contributed by atoms with Crippen LogP contribution in [0.5, 0.6) is 0 Å². The molecular formula is C28H40ClNO2Si. The number of fused-ring (bicyclic) bond motifs is 1. The highest BCUT2D eigenvalue weighted by atomic mass is 35.5. The summed E-state index contributed by atoms with van der Waals surface area (Å²) in [6.07, 6.45) is 7.41. The Morgan fingerprint density at radius 1 is 1.03 bits per heavy atom. The molecule has 0 radical (unpaired) electrons.